The van der Waals surface area contributed by atoms with Crippen molar-refractivity contribution in [3.8, 4) is 5.75 Å². The number of methoxy groups -OCH3 is 1. The number of benzene rings is 1. The Hall–Kier alpha value is -1.59. The van der Waals surface area contributed by atoms with Crippen LogP contribution in [-0.2, 0) is 9.53 Å². The standard InChI is InChI=1S/C15H24N2O3/c1-12(2)20-14-7-5-4-6-13(14)17-15(18)8-9-16-10-11-19-3/h4-7,12,16H,8-11H2,1-3H3,(H,17,18). The van der Waals surface area contributed by atoms with E-state index < -0.39 is 0 Å². The van der Waals surface area contributed by atoms with E-state index in [0.29, 0.717) is 31.0 Å². The second kappa shape index (κ2) is 9.34. The minimum atomic E-state index is -0.0327. The smallest absolute Gasteiger partial charge is 0.225 e. The average Bonchev–Trinajstić information content (AvgIpc) is 2.40. The first kappa shape index (κ1) is 16.5. The number of nitrogens with one attached hydrogen (secondary N) is 2. The summed E-state index contributed by atoms with van der Waals surface area (Å²) in [5.74, 6) is 0.665. The minimum absolute atomic E-state index is 0.0327. The minimum Gasteiger partial charge on any atom is -0.489 e. The van der Waals surface area contributed by atoms with Crippen molar-refractivity contribution < 1.29 is 14.3 Å². The second-order valence-corrected chi connectivity index (χ2v) is 4.70. The van der Waals surface area contributed by atoms with Crippen molar-refractivity contribution in [3.63, 3.8) is 0 Å². The first-order valence-electron chi connectivity index (χ1n) is 6.88. The van der Waals surface area contributed by atoms with Gasteiger partial charge in [-0.1, -0.05) is 12.1 Å². The molecule has 5 heteroatoms. The Bertz CT molecular complexity index is 408. The van der Waals surface area contributed by atoms with Crippen molar-refractivity contribution in [3.05, 3.63) is 24.3 Å². The fourth-order valence-electron chi connectivity index (χ4n) is 1.64. The van der Waals surface area contributed by atoms with Gasteiger partial charge in [-0.15, -0.1) is 0 Å². The number of anilines is 1. The van der Waals surface area contributed by atoms with E-state index in [0.717, 1.165) is 6.54 Å². The Kier molecular flexibility index (Phi) is 7.69. The topological polar surface area (TPSA) is 59.6 Å². The Balaban J connectivity index is 2.41. The highest BCUT2D eigenvalue weighted by atomic mass is 16.5. The third kappa shape index (κ3) is 6.54. The Labute approximate surface area is 120 Å². The molecular weight excluding hydrogens is 256 g/mol. The Morgan fingerprint density at radius 2 is 2.00 bits per heavy atom. The van der Waals surface area contributed by atoms with E-state index in [4.69, 9.17) is 9.47 Å². The van der Waals surface area contributed by atoms with Crippen molar-refractivity contribution in [1.29, 1.82) is 0 Å². The maximum atomic E-state index is 11.8. The van der Waals surface area contributed by atoms with Gasteiger partial charge in [-0.2, -0.15) is 0 Å². The summed E-state index contributed by atoms with van der Waals surface area (Å²) in [6, 6.07) is 7.46. The van der Waals surface area contributed by atoms with Crippen molar-refractivity contribution in [2.45, 2.75) is 26.4 Å². The molecule has 0 aliphatic rings. The van der Waals surface area contributed by atoms with Gasteiger partial charge in [0.05, 0.1) is 18.4 Å². The predicted octanol–water partition coefficient (Wildman–Crippen LogP) is 2.04. The van der Waals surface area contributed by atoms with Crippen LogP contribution in [0.4, 0.5) is 5.69 Å². The summed E-state index contributed by atoms with van der Waals surface area (Å²) in [6.07, 6.45) is 0.489. The van der Waals surface area contributed by atoms with E-state index in [1.165, 1.54) is 0 Å². The molecule has 1 amide bonds. The molecule has 0 aliphatic carbocycles. The van der Waals surface area contributed by atoms with Gasteiger partial charge in [-0.25, -0.2) is 0 Å². The van der Waals surface area contributed by atoms with Crippen molar-refractivity contribution in [1.82, 2.24) is 5.32 Å². The first-order chi connectivity index (χ1) is 9.63. The molecule has 112 valence electrons. The SMILES string of the molecule is COCCNCCC(=O)Nc1ccccc1OC(C)C. The summed E-state index contributed by atoms with van der Waals surface area (Å²) in [5, 5.41) is 6.00. The van der Waals surface area contributed by atoms with E-state index in [1.54, 1.807) is 7.11 Å². The molecule has 1 aromatic carbocycles. The first-order valence-corrected chi connectivity index (χ1v) is 6.88. The van der Waals surface area contributed by atoms with Crippen LogP contribution in [0.1, 0.15) is 20.3 Å². The quantitative estimate of drug-likeness (QED) is 0.680. The van der Waals surface area contributed by atoms with Gasteiger partial charge in [0.2, 0.25) is 5.91 Å². The van der Waals surface area contributed by atoms with E-state index in [2.05, 4.69) is 10.6 Å². The molecule has 2 N–H and O–H groups in total. The van der Waals surface area contributed by atoms with Crippen LogP contribution in [-0.4, -0.2) is 38.8 Å². The highest BCUT2D eigenvalue weighted by molar-refractivity contribution is 5.92. The molecule has 0 aromatic heterocycles. The van der Waals surface area contributed by atoms with E-state index in [9.17, 15) is 4.79 Å². The lowest BCUT2D eigenvalue weighted by Gasteiger charge is -2.14. The summed E-state index contributed by atoms with van der Waals surface area (Å²) in [7, 11) is 1.65. The third-order valence-electron chi connectivity index (χ3n) is 2.54. The van der Waals surface area contributed by atoms with Crippen LogP contribution in [0, 0.1) is 0 Å². The maximum absolute atomic E-state index is 11.8. The summed E-state index contributed by atoms with van der Waals surface area (Å²) < 4.78 is 10.6. The molecule has 0 radical (unpaired) electrons. The Morgan fingerprint density at radius 1 is 1.25 bits per heavy atom. The molecule has 0 bridgehead atoms. The monoisotopic (exact) mass is 280 g/mol. The summed E-state index contributed by atoms with van der Waals surface area (Å²) in [5.41, 5.74) is 0.711. The second-order valence-electron chi connectivity index (χ2n) is 4.70. The summed E-state index contributed by atoms with van der Waals surface area (Å²) >= 11 is 0. The zero-order chi connectivity index (χ0) is 14.8. The molecule has 0 saturated heterocycles. The van der Waals surface area contributed by atoms with Gasteiger partial charge in [0.1, 0.15) is 5.75 Å². The zero-order valence-electron chi connectivity index (χ0n) is 12.4. The lowest BCUT2D eigenvalue weighted by atomic mass is 10.2. The van der Waals surface area contributed by atoms with Gasteiger partial charge in [-0.05, 0) is 26.0 Å². The molecular formula is C15H24N2O3. The lowest BCUT2D eigenvalue weighted by Crippen LogP contribution is -2.24. The number of para-hydroxylation sites is 2. The highest BCUT2D eigenvalue weighted by Crippen LogP contribution is 2.24. The average molecular weight is 280 g/mol. The van der Waals surface area contributed by atoms with Crippen molar-refractivity contribution >= 4 is 11.6 Å². The number of amides is 1. The number of carbonyl (C=O) groups is 1. The normalized spacial score (nSPS) is 10.6. The van der Waals surface area contributed by atoms with Crippen LogP contribution in [0.2, 0.25) is 0 Å². The van der Waals surface area contributed by atoms with E-state index in [-0.39, 0.29) is 12.0 Å². The largest absolute Gasteiger partial charge is 0.489 e. The van der Waals surface area contributed by atoms with Crippen LogP contribution in [0.3, 0.4) is 0 Å². The number of hydrogen-bond donors (Lipinski definition) is 2. The number of carbonyl (C=O) groups excluding carboxylic acids is 1. The van der Waals surface area contributed by atoms with Crippen LogP contribution >= 0.6 is 0 Å². The fraction of sp³-hybridized carbons (Fsp3) is 0.533. The van der Waals surface area contributed by atoms with Crippen LogP contribution in [0.25, 0.3) is 0 Å². The van der Waals surface area contributed by atoms with Gasteiger partial charge in [0.25, 0.3) is 0 Å². The molecule has 0 saturated carbocycles. The number of rotatable bonds is 9. The molecule has 1 rings (SSSR count). The molecule has 0 aliphatic heterocycles. The predicted molar refractivity (Wildman–Crippen MR) is 80.2 cm³/mol. The Morgan fingerprint density at radius 3 is 2.70 bits per heavy atom. The zero-order valence-corrected chi connectivity index (χ0v) is 12.4. The highest BCUT2D eigenvalue weighted by Gasteiger charge is 2.08. The molecule has 20 heavy (non-hydrogen) atoms. The summed E-state index contributed by atoms with van der Waals surface area (Å²) in [6.45, 7) is 5.93. The molecule has 1 aromatic rings. The van der Waals surface area contributed by atoms with Crippen LogP contribution < -0.4 is 15.4 Å². The van der Waals surface area contributed by atoms with Gasteiger partial charge < -0.3 is 20.1 Å². The van der Waals surface area contributed by atoms with E-state index >= 15 is 0 Å². The molecule has 5 nitrogen and oxygen atoms in total. The molecule has 0 heterocycles. The molecule has 0 unspecified atom stereocenters. The number of ether oxygens (including phenoxy) is 2. The van der Waals surface area contributed by atoms with E-state index in [1.807, 2.05) is 38.1 Å². The van der Waals surface area contributed by atoms with Gasteiger partial charge in [0.15, 0.2) is 0 Å². The summed E-state index contributed by atoms with van der Waals surface area (Å²) in [4.78, 5) is 11.8. The molecule has 0 spiro atoms. The van der Waals surface area contributed by atoms with Gasteiger partial charge in [-0.3, -0.25) is 4.79 Å². The third-order valence-corrected chi connectivity index (χ3v) is 2.54. The maximum Gasteiger partial charge on any atom is 0.225 e. The van der Waals surface area contributed by atoms with Crippen molar-refractivity contribution in [2.24, 2.45) is 0 Å². The molecule has 0 fully saturated rings. The lowest BCUT2D eigenvalue weighted by molar-refractivity contribution is -0.116. The number of hydrogen-bond acceptors (Lipinski definition) is 4. The van der Waals surface area contributed by atoms with Gasteiger partial charge in [0, 0.05) is 26.6 Å². The van der Waals surface area contributed by atoms with Gasteiger partial charge >= 0.3 is 0 Å². The molecule has 0 atom stereocenters. The van der Waals surface area contributed by atoms with Crippen molar-refractivity contribution in [2.75, 3.05) is 32.1 Å². The fourth-order valence-corrected chi connectivity index (χ4v) is 1.64. The van der Waals surface area contributed by atoms with Crippen LogP contribution in [0.5, 0.6) is 5.75 Å². The van der Waals surface area contributed by atoms with Crippen LogP contribution in [0.15, 0.2) is 24.3 Å².